The molecule has 0 aliphatic rings. The van der Waals surface area contributed by atoms with Crippen molar-refractivity contribution in [3.63, 3.8) is 0 Å². The highest BCUT2D eigenvalue weighted by Crippen LogP contribution is 2.05. The van der Waals surface area contributed by atoms with Crippen molar-refractivity contribution in [2.24, 2.45) is 0 Å². The van der Waals surface area contributed by atoms with Gasteiger partial charge in [-0.25, -0.2) is 4.79 Å². The maximum Gasteiger partial charge on any atom is 0.356 e. The minimum Gasteiger partial charge on any atom is -0.616 e. The summed E-state index contributed by atoms with van der Waals surface area (Å²) in [5.74, 6) is -0.192. The molecule has 0 bridgehead atoms. The minimum absolute atomic E-state index is 0.0388. The third kappa shape index (κ3) is 2.74. The average Bonchev–Trinajstić information content (AvgIpc) is 2.52. The van der Waals surface area contributed by atoms with Crippen molar-refractivity contribution in [1.82, 2.24) is 10.2 Å². The smallest absolute Gasteiger partial charge is 0.356 e. The Kier molecular flexibility index (Phi) is 3.32. The molecule has 0 spiro atoms. The fourth-order valence-corrected chi connectivity index (χ4v) is 1.52. The summed E-state index contributed by atoms with van der Waals surface area (Å²) in [5, 5.41) is 14.6. The van der Waals surface area contributed by atoms with Crippen LogP contribution in [0.3, 0.4) is 0 Å². The predicted octanol–water partition coefficient (Wildman–Crippen LogP) is 0.377. The zero-order chi connectivity index (χ0) is 9.84. The lowest BCUT2D eigenvalue weighted by atomic mass is 10.4. The third-order valence-corrected chi connectivity index (χ3v) is 2.77. The van der Waals surface area contributed by atoms with Gasteiger partial charge in [-0.2, -0.15) is 5.10 Å². The molecule has 0 fully saturated rings. The van der Waals surface area contributed by atoms with Gasteiger partial charge in [-0.1, -0.05) is 0 Å². The molecular formula is C7H10N2O3S. The van der Waals surface area contributed by atoms with Gasteiger partial charge in [0.25, 0.3) is 0 Å². The van der Waals surface area contributed by atoms with E-state index in [-0.39, 0.29) is 5.69 Å². The summed E-state index contributed by atoms with van der Waals surface area (Å²) in [6.45, 7) is 1.81. The molecule has 0 aliphatic carbocycles. The highest BCUT2D eigenvalue weighted by atomic mass is 32.2. The fourth-order valence-electron chi connectivity index (χ4n) is 0.821. The second-order valence-electron chi connectivity index (χ2n) is 2.46. The van der Waals surface area contributed by atoms with Crippen LogP contribution in [0.5, 0.6) is 0 Å². The van der Waals surface area contributed by atoms with Gasteiger partial charge < -0.3 is 9.66 Å². The van der Waals surface area contributed by atoms with Gasteiger partial charge in [0.2, 0.25) is 0 Å². The van der Waals surface area contributed by atoms with Gasteiger partial charge >= 0.3 is 5.97 Å². The van der Waals surface area contributed by atoms with Crippen molar-refractivity contribution in [3.05, 3.63) is 17.5 Å². The van der Waals surface area contributed by atoms with E-state index in [1.807, 2.05) is 6.92 Å². The van der Waals surface area contributed by atoms with E-state index in [1.165, 1.54) is 6.07 Å². The molecule has 1 rings (SSSR count). The number of hydrogen-bond donors (Lipinski definition) is 2. The summed E-state index contributed by atoms with van der Waals surface area (Å²) in [4.78, 5) is 10.4. The Labute approximate surface area is 78.3 Å². The Morgan fingerprint density at radius 3 is 3.00 bits per heavy atom. The van der Waals surface area contributed by atoms with Crippen LogP contribution in [0.4, 0.5) is 0 Å². The number of aromatic amines is 1. The van der Waals surface area contributed by atoms with Crippen molar-refractivity contribution in [1.29, 1.82) is 0 Å². The molecular weight excluding hydrogens is 192 g/mol. The Hall–Kier alpha value is -1.01. The lowest BCUT2D eigenvalue weighted by molar-refractivity contribution is 0.0690. The van der Waals surface area contributed by atoms with Gasteiger partial charge in [-0.3, -0.25) is 5.10 Å². The summed E-state index contributed by atoms with van der Waals surface area (Å²) in [5.41, 5.74) is 0.556. The van der Waals surface area contributed by atoms with E-state index >= 15 is 0 Å². The largest absolute Gasteiger partial charge is 0.616 e. The lowest BCUT2D eigenvalue weighted by Crippen LogP contribution is -2.06. The van der Waals surface area contributed by atoms with Gasteiger partial charge in [0, 0.05) is 0 Å². The standard InChI is InChI=1S/C7H10N2O3S/c1-2-13(12)4-5-3-6(7(10)11)9-8-5/h3H,2,4H2,1H3,(H,8,9)(H,10,11). The van der Waals surface area contributed by atoms with Gasteiger partial charge in [-0.05, 0) is 24.2 Å². The molecule has 0 radical (unpaired) electrons. The van der Waals surface area contributed by atoms with Crippen LogP contribution < -0.4 is 0 Å². The first-order valence-electron chi connectivity index (χ1n) is 3.76. The number of carboxylic acids is 1. The van der Waals surface area contributed by atoms with Gasteiger partial charge in [0.1, 0.15) is 11.5 Å². The first-order chi connectivity index (χ1) is 6.13. The molecule has 5 nitrogen and oxygen atoms in total. The van der Waals surface area contributed by atoms with E-state index in [2.05, 4.69) is 10.2 Å². The van der Waals surface area contributed by atoms with E-state index in [0.29, 0.717) is 17.2 Å². The Balaban J connectivity index is 2.64. The molecule has 0 aromatic carbocycles. The van der Waals surface area contributed by atoms with Gasteiger partial charge in [0.05, 0.1) is 5.69 Å². The zero-order valence-electron chi connectivity index (χ0n) is 7.11. The molecule has 6 heteroatoms. The maximum atomic E-state index is 11.1. The Morgan fingerprint density at radius 1 is 1.85 bits per heavy atom. The molecule has 1 aromatic rings. The topological polar surface area (TPSA) is 89.0 Å². The molecule has 1 atom stereocenters. The van der Waals surface area contributed by atoms with E-state index in [4.69, 9.17) is 5.11 Å². The van der Waals surface area contributed by atoms with Crippen molar-refractivity contribution in [3.8, 4) is 0 Å². The summed E-state index contributed by atoms with van der Waals surface area (Å²) in [6, 6.07) is 1.40. The number of aromatic carboxylic acids is 1. The lowest BCUT2D eigenvalue weighted by Gasteiger charge is -2.05. The van der Waals surface area contributed by atoms with Crippen molar-refractivity contribution < 1.29 is 14.5 Å². The zero-order valence-corrected chi connectivity index (χ0v) is 7.93. The fraction of sp³-hybridized carbons (Fsp3) is 0.429. The SMILES string of the molecule is CC[S+]([O-])Cc1cc(C(=O)O)n[nH]1. The number of hydrogen-bond acceptors (Lipinski definition) is 3. The Bertz CT molecular complexity index is 300. The molecule has 0 saturated carbocycles. The van der Waals surface area contributed by atoms with Crippen LogP contribution in [0, 0.1) is 0 Å². The van der Waals surface area contributed by atoms with Crippen LogP contribution in [-0.4, -0.2) is 31.6 Å². The molecule has 1 unspecified atom stereocenters. The molecule has 1 aromatic heterocycles. The highest BCUT2D eigenvalue weighted by molar-refractivity contribution is 7.90. The van der Waals surface area contributed by atoms with Crippen LogP contribution in [-0.2, 0) is 16.9 Å². The molecule has 1 heterocycles. The molecule has 0 aliphatic heterocycles. The number of carboxylic acid groups (broad SMARTS) is 1. The van der Waals surface area contributed by atoms with E-state index < -0.39 is 17.1 Å². The molecule has 0 saturated heterocycles. The van der Waals surface area contributed by atoms with E-state index in [1.54, 1.807) is 0 Å². The number of aromatic nitrogens is 2. The number of carbonyl (C=O) groups is 1. The summed E-state index contributed by atoms with van der Waals surface area (Å²) in [6.07, 6.45) is 0. The first-order valence-corrected chi connectivity index (χ1v) is 5.25. The molecule has 2 N–H and O–H groups in total. The minimum atomic E-state index is -1.08. The second kappa shape index (κ2) is 4.29. The Morgan fingerprint density at radius 2 is 2.54 bits per heavy atom. The summed E-state index contributed by atoms with van der Waals surface area (Å²) in [7, 11) is 0. The van der Waals surface area contributed by atoms with Crippen molar-refractivity contribution in [2.75, 3.05) is 5.75 Å². The third-order valence-electron chi connectivity index (χ3n) is 1.49. The van der Waals surface area contributed by atoms with Crippen molar-refractivity contribution in [2.45, 2.75) is 12.7 Å². The van der Waals surface area contributed by atoms with Crippen LogP contribution >= 0.6 is 0 Å². The van der Waals surface area contributed by atoms with Crippen LogP contribution in [0.25, 0.3) is 0 Å². The number of nitrogens with zero attached hydrogens (tertiary/aromatic N) is 1. The number of rotatable bonds is 4. The normalized spacial score (nSPS) is 12.8. The van der Waals surface area contributed by atoms with E-state index in [9.17, 15) is 9.35 Å². The maximum absolute atomic E-state index is 11.1. The number of nitrogens with one attached hydrogen (secondary N) is 1. The molecule has 0 amide bonds. The summed E-state index contributed by atoms with van der Waals surface area (Å²) < 4.78 is 11.1. The van der Waals surface area contributed by atoms with Crippen LogP contribution in [0.1, 0.15) is 23.1 Å². The summed E-state index contributed by atoms with van der Waals surface area (Å²) >= 11 is -0.942. The predicted molar refractivity (Wildman–Crippen MR) is 47.9 cm³/mol. The highest BCUT2D eigenvalue weighted by Gasteiger charge is 2.11. The molecule has 72 valence electrons. The average molecular weight is 202 g/mol. The van der Waals surface area contributed by atoms with Crippen LogP contribution in [0.2, 0.25) is 0 Å². The quantitative estimate of drug-likeness (QED) is 0.690. The van der Waals surface area contributed by atoms with Crippen molar-refractivity contribution >= 4 is 17.1 Å². The first kappa shape index (κ1) is 10.1. The molecule has 13 heavy (non-hydrogen) atoms. The second-order valence-corrected chi connectivity index (χ2v) is 4.20. The van der Waals surface area contributed by atoms with E-state index in [0.717, 1.165) is 0 Å². The van der Waals surface area contributed by atoms with Gasteiger partial charge in [-0.15, -0.1) is 0 Å². The monoisotopic (exact) mass is 202 g/mol. The number of H-pyrrole nitrogens is 1. The van der Waals surface area contributed by atoms with Crippen LogP contribution in [0.15, 0.2) is 6.07 Å². The van der Waals surface area contributed by atoms with Gasteiger partial charge in [0.15, 0.2) is 5.69 Å².